The number of carbonyl (C=O) groups is 1. The van der Waals surface area contributed by atoms with Crippen LogP contribution in [0.5, 0.6) is 0 Å². The summed E-state index contributed by atoms with van der Waals surface area (Å²) in [6, 6.07) is 14.0. The molecule has 0 radical (unpaired) electrons. The number of amides is 1. The third kappa shape index (κ3) is 5.51. The van der Waals surface area contributed by atoms with E-state index in [-0.39, 0.29) is 11.7 Å². The molecule has 0 aliphatic rings. The van der Waals surface area contributed by atoms with Crippen molar-refractivity contribution < 1.29 is 9.18 Å². The predicted octanol–water partition coefficient (Wildman–Crippen LogP) is 4.14. The fourth-order valence-corrected chi connectivity index (χ4v) is 2.87. The fourth-order valence-electron chi connectivity index (χ4n) is 2.87. The minimum atomic E-state index is -0.306. The standard InChI is InChI=1S/C22H24FN5O/c1-3-28(4-2)20-11-9-19(10-12-20)27-22-25-14-17(15-26-22)21(29)24-13-16-5-7-18(23)8-6-16/h5-12,14-15H,3-4,13H2,1-2H3,(H,24,29)(H,25,26,27). The maximum absolute atomic E-state index is 12.9. The first-order chi connectivity index (χ1) is 14.1. The van der Waals surface area contributed by atoms with E-state index in [1.165, 1.54) is 24.5 Å². The number of rotatable bonds is 8. The van der Waals surface area contributed by atoms with Crippen LogP contribution < -0.4 is 15.5 Å². The molecule has 29 heavy (non-hydrogen) atoms. The molecular weight excluding hydrogens is 369 g/mol. The second-order valence-electron chi connectivity index (χ2n) is 6.45. The number of anilines is 3. The third-order valence-corrected chi connectivity index (χ3v) is 4.53. The Morgan fingerprint density at radius 3 is 2.17 bits per heavy atom. The minimum absolute atomic E-state index is 0.288. The molecule has 1 heterocycles. The van der Waals surface area contributed by atoms with Gasteiger partial charge in [0, 0.05) is 43.4 Å². The van der Waals surface area contributed by atoms with Crippen LogP contribution >= 0.6 is 0 Å². The van der Waals surface area contributed by atoms with E-state index in [4.69, 9.17) is 0 Å². The van der Waals surface area contributed by atoms with Crippen molar-refractivity contribution in [3.05, 3.63) is 77.9 Å². The van der Waals surface area contributed by atoms with Crippen LogP contribution in [0, 0.1) is 5.82 Å². The molecule has 0 aliphatic carbocycles. The quantitative estimate of drug-likeness (QED) is 0.602. The predicted molar refractivity (Wildman–Crippen MR) is 113 cm³/mol. The lowest BCUT2D eigenvalue weighted by molar-refractivity contribution is 0.0950. The molecule has 0 aliphatic heterocycles. The highest BCUT2D eigenvalue weighted by molar-refractivity contribution is 5.93. The highest BCUT2D eigenvalue weighted by atomic mass is 19.1. The van der Waals surface area contributed by atoms with Crippen LogP contribution in [0.1, 0.15) is 29.8 Å². The molecule has 7 heteroatoms. The van der Waals surface area contributed by atoms with E-state index in [0.29, 0.717) is 18.1 Å². The van der Waals surface area contributed by atoms with Gasteiger partial charge in [0.1, 0.15) is 5.82 Å². The van der Waals surface area contributed by atoms with Crippen molar-refractivity contribution in [2.75, 3.05) is 23.3 Å². The molecule has 1 amide bonds. The summed E-state index contributed by atoms with van der Waals surface area (Å²) in [4.78, 5) is 22.9. The molecule has 150 valence electrons. The van der Waals surface area contributed by atoms with E-state index in [1.54, 1.807) is 12.1 Å². The highest BCUT2D eigenvalue weighted by Crippen LogP contribution is 2.19. The van der Waals surface area contributed by atoms with Crippen molar-refractivity contribution >= 4 is 23.2 Å². The maximum atomic E-state index is 12.9. The molecule has 0 atom stereocenters. The lowest BCUT2D eigenvalue weighted by Crippen LogP contribution is -2.23. The molecule has 1 aromatic heterocycles. The summed E-state index contributed by atoms with van der Waals surface area (Å²) in [6.07, 6.45) is 2.94. The summed E-state index contributed by atoms with van der Waals surface area (Å²) in [5, 5.41) is 5.89. The first kappa shape index (κ1) is 20.3. The zero-order chi connectivity index (χ0) is 20.6. The van der Waals surface area contributed by atoms with E-state index in [0.717, 1.165) is 30.0 Å². The molecule has 0 spiro atoms. The van der Waals surface area contributed by atoms with Crippen LogP contribution in [0.25, 0.3) is 0 Å². The number of halogens is 1. The van der Waals surface area contributed by atoms with Crippen molar-refractivity contribution in [1.82, 2.24) is 15.3 Å². The lowest BCUT2D eigenvalue weighted by atomic mass is 10.2. The monoisotopic (exact) mass is 393 g/mol. The van der Waals surface area contributed by atoms with Gasteiger partial charge in [-0.05, 0) is 55.8 Å². The van der Waals surface area contributed by atoms with Crippen molar-refractivity contribution in [2.24, 2.45) is 0 Å². The summed E-state index contributed by atoms with van der Waals surface area (Å²) in [6.45, 7) is 6.47. The lowest BCUT2D eigenvalue weighted by Gasteiger charge is -2.21. The van der Waals surface area contributed by atoms with Crippen molar-refractivity contribution in [1.29, 1.82) is 0 Å². The van der Waals surface area contributed by atoms with Crippen LogP contribution in [0.3, 0.4) is 0 Å². The van der Waals surface area contributed by atoms with Gasteiger partial charge in [0.05, 0.1) is 5.56 Å². The average molecular weight is 393 g/mol. The normalized spacial score (nSPS) is 10.4. The SMILES string of the molecule is CCN(CC)c1ccc(Nc2ncc(C(=O)NCc3ccc(F)cc3)cn2)cc1. The van der Waals surface area contributed by atoms with E-state index < -0.39 is 0 Å². The van der Waals surface area contributed by atoms with Gasteiger partial charge in [-0.15, -0.1) is 0 Å². The number of hydrogen-bond acceptors (Lipinski definition) is 5. The fraction of sp³-hybridized carbons (Fsp3) is 0.227. The third-order valence-electron chi connectivity index (χ3n) is 4.53. The van der Waals surface area contributed by atoms with E-state index in [9.17, 15) is 9.18 Å². The number of aromatic nitrogens is 2. The van der Waals surface area contributed by atoms with Gasteiger partial charge in [-0.3, -0.25) is 4.79 Å². The zero-order valence-corrected chi connectivity index (χ0v) is 16.5. The molecule has 0 fully saturated rings. The largest absolute Gasteiger partial charge is 0.372 e. The van der Waals surface area contributed by atoms with E-state index >= 15 is 0 Å². The molecule has 3 aromatic rings. The van der Waals surface area contributed by atoms with Gasteiger partial charge in [0.15, 0.2) is 0 Å². The van der Waals surface area contributed by atoms with Gasteiger partial charge in [0.25, 0.3) is 5.91 Å². The molecule has 0 unspecified atom stereocenters. The van der Waals surface area contributed by atoms with Gasteiger partial charge >= 0.3 is 0 Å². The molecule has 3 rings (SSSR count). The molecule has 0 saturated carbocycles. The maximum Gasteiger partial charge on any atom is 0.254 e. The minimum Gasteiger partial charge on any atom is -0.372 e. The first-order valence-corrected chi connectivity index (χ1v) is 9.55. The number of hydrogen-bond donors (Lipinski definition) is 2. The second kappa shape index (κ2) is 9.64. The Morgan fingerprint density at radius 2 is 1.59 bits per heavy atom. The Kier molecular flexibility index (Phi) is 6.73. The van der Waals surface area contributed by atoms with Gasteiger partial charge < -0.3 is 15.5 Å². The Balaban J connectivity index is 1.56. The van der Waals surface area contributed by atoms with Gasteiger partial charge in [-0.1, -0.05) is 12.1 Å². The highest BCUT2D eigenvalue weighted by Gasteiger charge is 2.08. The molecular formula is C22H24FN5O. The van der Waals surface area contributed by atoms with Crippen molar-refractivity contribution in [2.45, 2.75) is 20.4 Å². The average Bonchev–Trinajstić information content (AvgIpc) is 2.76. The molecule has 6 nitrogen and oxygen atoms in total. The Labute approximate surface area is 169 Å². The Bertz CT molecular complexity index is 923. The summed E-state index contributed by atoms with van der Waals surface area (Å²) < 4.78 is 12.9. The first-order valence-electron chi connectivity index (χ1n) is 9.55. The molecule has 0 bridgehead atoms. The second-order valence-corrected chi connectivity index (χ2v) is 6.45. The summed E-state index contributed by atoms with van der Waals surface area (Å²) in [7, 11) is 0. The Hall–Kier alpha value is -3.48. The van der Waals surface area contributed by atoms with Crippen LogP contribution in [-0.2, 0) is 6.54 Å². The van der Waals surface area contributed by atoms with E-state index in [2.05, 4.69) is 39.3 Å². The summed E-state index contributed by atoms with van der Waals surface area (Å²) in [5.74, 6) is -0.181. The van der Waals surface area contributed by atoms with Crippen molar-refractivity contribution in [3.63, 3.8) is 0 Å². The van der Waals surface area contributed by atoms with Crippen molar-refractivity contribution in [3.8, 4) is 0 Å². The summed E-state index contributed by atoms with van der Waals surface area (Å²) >= 11 is 0. The van der Waals surface area contributed by atoms with Gasteiger partial charge in [-0.2, -0.15) is 0 Å². The zero-order valence-electron chi connectivity index (χ0n) is 16.5. The number of carbonyl (C=O) groups excluding carboxylic acids is 1. The number of nitrogens with zero attached hydrogens (tertiary/aromatic N) is 3. The van der Waals surface area contributed by atoms with Crippen LogP contribution in [-0.4, -0.2) is 29.0 Å². The molecule has 2 aromatic carbocycles. The van der Waals surface area contributed by atoms with Crippen LogP contribution in [0.4, 0.5) is 21.7 Å². The number of benzene rings is 2. The molecule has 0 saturated heterocycles. The van der Waals surface area contributed by atoms with Gasteiger partial charge in [-0.25, -0.2) is 14.4 Å². The summed E-state index contributed by atoms with van der Waals surface area (Å²) in [5.41, 5.74) is 3.20. The van der Waals surface area contributed by atoms with E-state index in [1.807, 2.05) is 24.3 Å². The molecule has 2 N–H and O–H groups in total. The topological polar surface area (TPSA) is 70.2 Å². The van der Waals surface area contributed by atoms with Crippen LogP contribution in [0.15, 0.2) is 60.9 Å². The van der Waals surface area contributed by atoms with Gasteiger partial charge in [0.2, 0.25) is 5.95 Å². The Morgan fingerprint density at radius 1 is 0.966 bits per heavy atom. The number of nitrogens with one attached hydrogen (secondary N) is 2. The smallest absolute Gasteiger partial charge is 0.254 e. The van der Waals surface area contributed by atoms with Crippen LogP contribution in [0.2, 0.25) is 0 Å².